The van der Waals surface area contributed by atoms with Gasteiger partial charge in [-0.3, -0.25) is 14.4 Å². The molecule has 0 aromatic carbocycles. The standard InChI is InChI=1S/C7H6Cl.3CO.Mn/c1-2-6-3-4-7(8)5-6;3*1-2;/h2-5H,1H2;;;;. The Morgan fingerprint density at radius 3 is 1.80 bits per heavy atom. The van der Waals surface area contributed by atoms with E-state index >= 15 is 0 Å². The smallest absolute Gasteiger partial charge is 0.281 e. The summed E-state index contributed by atoms with van der Waals surface area (Å²) < 4.78 is -0.190. The van der Waals surface area contributed by atoms with E-state index in [1.165, 1.54) is 0 Å². The van der Waals surface area contributed by atoms with Gasteiger partial charge in [0.1, 0.15) is 0 Å². The average Bonchev–Trinajstić information content (AvgIpc) is 2.68. The van der Waals surface area contributed by atoms with Crippen LogP contribution in [0.15, 0.2) is 35.9 Å². The van der Waals surface area contributed by atoms with Crippen molar-refractivity contribution in [1.29, 1.82) is 0 Å². The number of hydrogen-bond acceptors (Lipinski definition) is 3. The van der Waals surface area contributed by atoms with E-state index in [0.717, 1.165) is 5.03 Å². The molecule has 15 heavy (non-hydrogen) atoms. The van der Waals surface area contributed by atoms with Crippen LogP contribution in [-0.4, -0.2) is 20.4 Å². The zero-order valence-electron chi connectivity index (χ0n) is 7.50. The number of hydrogen-bond donors (Lipinski definition) is 0. The van der Waals surface area contributed by atoms with Gasteiger partial charge in [0.25, 0.3) is 20.4 Å². The van der Waals surface area contributed by atoms with E-state index in [9.17, 15) is 0 Å². The molecular weight excluding hydrogens is 258 g/mol. The SMILES string of the molecule is C=C[C]1([Mn])C=CC(Cl)=C1.[C]=O.[C]=O.[C]=O. The first kappa shape index (κ1) is 19.6. The predicted molar refractivity (Wildman–Crippen MR) is 53.0 cm³/mol. The summed E-state index contributed by atoms with van der Waals surface area (Å²) in [5, 5.41) is 0.756. The minimum Gasteiger partial charge on any atom is -0.281 e. The van der Waals surface area contributed by atoms with Gasteiger partial charge in [0.05, 0.1) is 0 Å². The van der Waals surface area contributed by atoms with Crippen LogP contribution in [0.25, 0.3) is 0 Å². The molecule has 1 aliphatic carbocycles. The van der Waals surface area contributed by atoms with Crippen LogP contribution in [-0.2, 0) is 30.4 Å². The van der Waals surface area contributed by atoms with Gasteiger partial charge in [0.2, 0.25) is 0 Å². The molecule has 6 radical (unpaired) electrons. The Hall–Kier alpha value is -0.961. The van der Waals surface area contributed by atoms with E-state index in [1.807, 2.05) is 18.2 Å². The molecule has 0 heterocycles. The van der Waals surface area contributed by atoms with Crippen LogP contribution in [0.4, 0.5) is 0 Å². The average molecular weight is 265 g/mol. The molecule has 0 aromatic rings. The van der Waals surface area contributed by atoms with Crippen molar-refractivity contribution in [2.45, 2.75) is 4.31 Å². The maximum absolute atomic E-state index is 7.50. The third kappa shape index (κ3) is 9.35. The van der Waals surface area contributed by atoms with Crippen molar-refractivity contribution < 1.29 is 30.4 Å². The maximum Gasteiger partial charge on any atom is 0.281 e. The van der Waals surface area contributed by atoms with Gasteiger partial charge in [-0.25, -0.2) is 0 Å². The van der Waals surface area contributed by atoms with Gasteiger partial charge in [0.15, 0.2) is 0 Å². The molecule has 0 amide bonds. The topological polar surface area (TPSA) is 51.2 Å². The quantitative estimate of drug-likeness (QED) is 0.531. The first-order valence-corrected chi connectivity index (χ1v) is 4.14. The summed E-state index contributed by atoms with van der Waals surface area (Å²) in [6.07, 6.45) is 7.47. The Kier molecular flexibility index (Phi) is 17.0. The normalized spacial score (nSPS) is 20.3. The molecule has 1 aliphatic rings. The van der Waals surface area contributed by atoms with Crippen molar-refractivity contribution in [3.63, 3.8) is 0 Å². The van der Waals surface area contributed by atoms with Gasteiger partial charge < -0.3 is 0 Å². The summed E-state index contributed by atoms with van der Waals surface area (Å²) in [5.41, 5.74) is 0. The fraction of sp³-hybridized carbons (Fsp3) is 0.100. The van der Waals surface area contributed by atoms with Crippen molar-refractivity contribution in [1.82, 2.24) is 0 Å². The van der Waals surface area contributed by atoms with Crippen molar-refractivity contribution in [2.24, 2.45) is 0 Å². The number of halogens is 1. The number of allylic oxidation sites excluding steroid dienone is 5. The summed E-state index contributed by atoms with van der Waals surface area (Å²) in [6, 6.07) is 0. The van der Waals surface area contributed by atoms with Crippen LogP contribution < -0.4 is 0 Å². The zero-order valence-corrected chi connectivity index (χ0v) is 9.43. The fourth-order valence-corrected chi connectivity index (χ4v) is 1.26. The zero-order chi connectivity index (χ0) is 12.9. The molecule has 0 spiro atoms. The Morgan fingerprint density at radius 2 is 1.67 bits per heavy atom. The van der Waals surface area contributed by atoms with E-state index in [2.05, 4.69) is 43.0 Å². The second-order valence-corrected chi connectivity index (χ2v) is 3.35. The fourth-order valence-electron chi connectivity index (χ4n) is 0.642. The Labute approximate surface area is 103 Å². The van der Waals surface area contributed by atoms with Gasteiger partial charge in [-0.15, -0.1) is 0 Å². The van der Waals surface area contributed by atoms with Crippen LogP contribution in [0.2, 0.25) is 4.31 Å². The molecule has 1 atom stereocenters. The molecule has 0 bridgehead atoms. The van der Waals surface area contributed by atoms with Crippen molar-refractivity contribution >= 4 is 32.0 Å². The van der Waals surface area contributed by atoms with E-state index < -0.39 is 0 Å². The molecule has 0 aliphatic heterocycles. The molecule has 0 fully saturated rings. The largest absolute Gasteiger partial charge is 0.281 e. The van der Waals surface area contributed by atoms with Crippen molar-refractivity contribution in [3.05, 3.63) is 35.9 Å². The van der Waals surface area contributed by atoms with Gasteiger partial charge >= 0.3 is 67.8 Å². The maximum atomic E-state index is 7.50. The molecule has 0 saturated heterocycles. The molecule has 5 heteroatoms. The second-order valence-electron chi connectivity index (χ2n) is 1.89. The first-order valence-electron chi connectivity index (χ1n) is 3.18. The summed E-state index contributed by atoms with van der Waals surface area (Å²) in [7, 11) is 0. The minimum absolute atomic E-state index is 0.190. The van der Waals surface area contributed by atoms with Crippen LogP contribution in [0.3, 0.4) is 0 Å². The van der Waals surface area contributed by atoms with Crippen LogP contribution >= 0.6 is 11.6 Å². The summed E-state index contributed by atoms with van der Waals surface area (Å²) >= 11 is 9.09. The third-order valence-corrected chi connectivity index (χ3v) is 2.01. The molecular formula is C10H6ClMnO3. The van der Waals surface area contributed by atoms with Gasteiger partial charge in [-0.2, -0.15) is 0 Å². The monoisotopic (exact) mass is 264 g/mol. The molecule has 1 unspecified atom stereocenters. The summed E-state index contributed by atoms with van der Waals surface area (Å²) in [6.45, 7) is 17.1. The van der Waals surface area contributed by atoms with Crippen molar-refractivity contribution in [2.75, 3.05) is 0 Å². The Bertz CT molecular complexity index is 236. The Balaban J connectivity index is -0.000000208. The van der Waals surface area contributed by atoms with Gasteiger partial charge in [-0.1, -0.05) is 0 Å². The number of carbonyl (C=O) groups excluding carboxylic acids is 3. The molecule has 1 rings (SSSR count). The van der Waals surface area contributed by atoms with E-state index in [1.54, 1.807) is 6.08 Å². The molecule has 3 nitrogen and oxygen atoms in total. The number of rotatable bonds is 1. The molecule has 78 valence electrons. The van der Waals surface area contributed by atoms with E-state index in [4.69, 9.17) is 26.0 Å². The van der Waals surface area contributed by atoms with E-state index in [0.29, 0.717) is 0 Å². The third-order valence-electron chi connectivity index (χ3n) is 1.17. The van der Waals surface area contributed by atoms with Crippen LogP contribution in [0, 0.1) is 0 Å². The summed E-state index contributed by atoms with van der Waals surface area (Å²) in [5.74, 6) is 0. The van der Waals surface area contributed by atoms with Crippen LogP contribution in [0.5, 0.6) is 0 Å². The minimum atomic E-state index is -0.190. The molecule has 0 N–H and O–H groups in total. The molecule has 0 saturated carbocycles. The second kappa shape index (κ2) is 13.0. The molecule has 0 aromatic heterocycles. The van der Waals surface area contributed by atoms with Crippen LogP contribution in [0.1, 0.15) is 0 Å². The van der Waals surface area contributed by atoms with E-state index in [-0.39, 0.29) is 4.31 Å². The van der Waals surface area contributed by atoms with Crippen molar-refractivity contribution in [3.8, 4) is 0 Å². The Morgan fingerprint density at radius 1 is 1.27 bits per heavy atom. The summed E-state index contributed by atoms with van der Waals surface area (Å²) in [4.78, 5) is 22.5. The van der Waals surface area contributed by atoms with Gasteiger partial charge in [-0.05, 0) is 0 Å². The van der Waals surface area contributed by atoms with Gasteiger partial charge in [0, 0.05) is 0 Å². The first-order chi connectivity index (χ1) is 7.16. The predicted octanol–water partition coefficient (Wildman–Crippen LogP) is 1.38.